The number of unbranched alkanes of at least 4 members (excludes halogenated alkanes) is 5. The number of aliphatic hydroxyl groups is 1. The lowest BCUT2D eigenvalue weighted by Gasteiger charge is -2.29. The van der Waals surface area contributed by atoms with Gasteiger partial charge in [-0.1, -0.05) is 56.2 Å². The Morgan fingerprint density at radius 2 is 1.55 bits per heavy atom. The van der Waals surface area contributed by atoms with E-state index in [2.05, 4.69) is 43.4 Å². The normalized spacial score (nSPS) is 21.3. The average molecular weight is 559 g/mol. The predicted octanol–water partition coefficient (Wildman–Crippen LogP) is 3.84. The van der Waals surface area contributed by atoms with Crippen molar-refractivity contribution in [3.05, 3.63) is 36.5 Å². The number of ether oxygens (including phenoxy) is 3. The first-order chi connectivity index (χ1) is 18.1. The molecule has 216 valence electrons. The Morgan fingerprint density at radius 1 is 0.974 bits per heavy atom. The third-order valence-corrected chi connectivity index (χ3v) is 7.01. The number of esters is 3. The number of carbonyl (C=O) groups is 3. The van der Waals surface area contributed by atoms with Gasteiger partial charge in [0, 0.05) is 6.42 Å². The zero-order valence-corrected chi connectivity index (χ0v) is 23.0. The molecular formula is C27H42O10S. The molecule has 0 spiro atoms. The van der Waals surface area contributed by atoms with Crippen LogP contribution in [0, 0.1) is 5.41 Å². The molecule has 0 radical (unpaired) electrons. The number of carbonyl (C=O) groups excluding carboxylic acids is 3. The molecule has 1 rings (SSSR count). The smallest absolute Gasteiger partial charge is 0.327 e. The summed E-state index contributed by atoms with van der Waals surface area (Å²) in [6.45, 7) is 0.105. The van der Waals surface area contributed by atoms with Crippen LogP contribution in [0.5, 0.6) is 0 Å². The van der Waals surface area contributed by atoms with E-state index in [0.717, 1.165) is 32.1 Å². The first kappa shape index (κ1) is 33.5. The Hall–Kier alpha value is -2.50. The number of hydrogen-bond acceptors (Lipinski definition) is 9. The van der Waals surface area contributed by atoms with E-state index in [1.165, 1.54) is 19.3 Å². The third kappa shape index (κ3) is 14.4. The Morgan fingerprint density at radius 3 is 2.13 bits per heavy atom. The Labute approximate surface area is 225 Å². The molecule has 1 aliphatic heterocycles. The molecule has 11 heteroatoms. The molecule has 0 aromatic rings. The molecule has 10 nitrogen and oxygen atoms in total. The molecule has 0 saturated carbocycles. The van der Waals surface area contributed by atoms with Gasteiger partial charge in [-0.15, -0.1) is 0 Å². The predicted molar refractivity (Wildman–Crippen MR) is 142 cm³/mol. The quantitative estimate of drug-likeness (QED) is 0.0885. The van der Waals surface area contributed by atoms with Crippen LogP contribution in [-0.4, -0.2) is 67.7 Å². The van der Waals surface area contributed by atoms with Crippen molar-refractivity contribution in [3.8, 4) is 0 Å². The molecule has 0 aromatic heterocycles. The van der Waals surface area contributed by atoms with Crippen molar-refractivity contribution in [1.29, 1.82) is 0 Å². The molecule has 2 N–H and O–H groups in total. The van der Waals surface area contributed by atoms with E-state index in [9.17, 15) is 27.9 Å². The highest BCUT2D eigenvalue weighted by Crippen LogP contribution is 2.23. The molecule has 0 amide bonds. The second-order valence-electron chi connectivity index (χ2n) is 9.42. The van der Waals surface area contributed by atoms with Crippen molar-refractivity contribution in [3.63, 3.8) is 0 Å². The molecule has 1 saturated heterocycles. The van der Waals surface area contributed by atoms with Crippen molar-refractivity contribution in [2.45, 2.75) is 82.8 Å². The SMILES string of the molecule is CCCCC/C=C\C/C=C\C/C=C\CCCCC(=O)OCC1(CO)COC(=O)CC(S(=O)(=O)O)C(=O)OC1. The third-order valence-electron chi connectivity index (χ3n) is 5.93. The van der Waals surface area contributed by atoms with E-state index in [-0.39, 0.29) is 6.42 Å². The van der Waals surface area contributed by atoms with Crippen LogP contribution in [0.25, 0.3) is 0 Å². The van der Waals surface area contributed by atoms with E-state index in [0.29, 0.717) is 6.42 Å². The van der Waals surface area contributed by atoms with Gasteiger partial charge in [0.2, 0.25) is 0 Å². The van der Waals surface area contributed by atoms with E-state index in [4.69, 9.17) is 18.8 Å². The zero-order chi connectivity index (χ0) is 28.3. The maximum atomic E-state index is 12.1. The number of hydrogen-bond donors (Lipinski definition) is 2. The first-order valence-corrected chi connectivity index (χ1v) is 14.6. The number of cyclic esters (lactones) is 2. The maximum Gasteiger partial charge on any atom is 0.327 e. The molecule has 38 heavy (non-hydrogen) atoms. The Bertz CT molecular complexity index is 922. The molecule has 0 aromatic carbocycles. The molecule has 0 aliphatic carbocycles. The summed E-state index contributed by atoms with van der Waals surface area (Å²) in [5.74, 6) is -2.96. The minimum atomic E-state index is -4.90. The number of aliphatic hydroxyl groups excluding tert-OH is 1. The average Bonchev–Trinajstić information content (AvgIpc) is 2.94. The van der Waals surface area contributed by atoms with Crippen LogP contribution in [0.15, 0.2) is 36.5 Å². The van der Waals surface area contributed by atoms with Crippen LogP contribution in [0.4, 0.5) is 0 Å². The molecular weight excluding hydrogens is 516 g/mol. The van der Waals surface area contributed by atoms with Gasteiger partial charge in [-0.25, -0.2) is 0 Å². The molecule has 2 atom stereocenters. The van der Waals surface area contributed by atoms with Crippen LogP contribution in [-0.2, 0) is 38.7 Å². The summed E-state index contributed by atoms with van der Waals surface area (Å²) in [7, 11) is -4.90. The van der Waals surface area contributed by atoms with Crippen molar-refractivity contribution in [1.82, 2.24) is 0 Å². The molecule has 1 aliphatic rings. The first-order valence-electron chi connectivity index (χ1n) is 13.1. The van der Waals surface area contributed by atoms with Crippen LogP contribution < -0.4 is 0 Å². The summed E-state index contributed by atoms with van der Waals surface area (Å²) in [4.78, 5) is 36.1. The van der Waals surface area contributed by atoms with Crippen molar-refractivity contribution in [2.75, 3.05) is 26.4 Å². The summed E-state index contributed by atoms with van der Waals surface area (Å²) in [6.07, 6.45) is 20.9. The second kappa shape index (κ2) is 18.7. The fourth-order valence-electron chi connectivity index (χ4n) is 3.46. The van der Waals surface area contributed by atoms with Crippen LogP contribution in [0.1, 0.15) is 77.6 Å². The minimum Gasteiger partial charge on any atom is -0.465 e. The van der Waals surface area contributed by atoms with Gasteiger partial charge in [-0.2, -0.15) is 8.42 Å². The lowest BCUT2D eigenvalue weighted by molar-refractivity contribution is -0.161. The maximum absolute atomic E-state index is 12.1. The largest absolute Gasteiger partial charge is 0.465 e. The highest BCUT2D eigenvalue weighted by molar-refractivity contribution is 7.87. The second-order valence-corrected chi connectivity index (χ2v) is 11.0. The summed E-state index contributed by atoms with van der Waals surface area (Å²) < 4.78 is 47.0. The highest BCUT2D eigenvalue weighted by Gasteiger charge is 2.42. The summed E-state index contributed by atoms with van der Waals surface area (Å²) in [6, 6.07) is 0. The van der Waals surface area contributed by atoms with Gasteiger partial charge in [-0.05, 0) is 44.9 Å². The van der Waals surface area contributed by atoms with Crippen molar-refractivity contribution in [2.24, 2.45) is 5.41 Å². The fourth-order valence-corrected chi connectivity index (χ4v) is 4.12. The van der Waals surface area contributed by atoms with E-state index in [1.54, 1.807) is 0 Å². The zero-order valence-electron chi connectivity index (χ0n) is 22.2. The molecule has 1 heterocycles. The monoisotopic (exact) mass is 558 g/mol. The van der Waals surface area contributed by atoms with Crippen LogP contribution in [0.3, 0.4) is 0 Å². The van der Waals surface area contributed by atoms with Crippen molar-refractivity contribution >= 4 is 28.0 Å². The van der Waals surface area contributed by atoms with Gasteiger partial charge >= 0.3 is 17.9 Å². The summed E-state index contributed by atoms with van der Waals surface area (Å²) in [5.41, 5.74) is -1.45. The Kier molecular flexibility index (Phi) is 16.5. The van der Waals surface area contributed by atoms with Crippen LogP contribution >= 0.6 is 0 Å². The van der Waals surface area contributed by atoms with Crippen LogP contribution in [0.2, 0.25) is 0 Å². The van der Waals surface area contributed by atoms with Gasteiger partial charge in [0.05, 0.1) is 18.4 Å². The lowest BCUT2D eigenvalue weighted by Crippen LogP contribution is -2.42. The Balaban J connectivity index is 2.32. The lowest BCUT2D eigenvalue weighted by atomic mass is 9.92. The van der Waals surface area contributed by atoms with Gasteiger partial charge < -0.3 is 19.3 Å². The van der Waals surface area contributed by atoms with Gasteiger partial charge in [0.1, 0.15) is 19.8 Å². The molecule has 0 bridgehead atoms. The van der Waals surface area contributed by atoms with E-state index >= 15 is 0 Å². The van der Waals surface area contributed by atoms with Crippen molar-refractivity contribution < 1.29 is 46.7 Å². The van der Waals surface area contributed by atoms with Gasteiger partial charge in [-0.3, -0.25) is 18.9 Å². The summed E-state index contributed by atoms with van der Waals surface area (Å²) >= 11 is 0. The molecule has 2 unspecified atom stereocenters. The summed E-state index contributed by atoms with van der Waals surface area (Å²) in [5, 5.41) is 7.70. The topological polar surface area (TPSA) is 154 Å². The molecule has 1 fully saturated rings. The highest BCUT2D eigenvalue weighted by atomic mass is 32.2. The minimum absolute atomic E-state index is 0.143. The van der Waals surface area contributed by atoms with Gasteiger partial charge in [0.15, 0.2) is 5.25 Å². The van der Waals surface area contributed by atoms with E-state index < -0.39 is 71.5 Å². The van der Waals surface area contributed by atoms with Gasteiger partial charge in [0.25, 0.3) is 10.1 Å². The fraction of sp³-hybridized carbons (Fsp3) is 0.667. The standard InChI is InChI=1S/C27H42O10S/c1-2-3-4-5-6-7-8-9-10-11-12-13-14-15-16-17-24(29)35-20-27(19-28)21-36-25(30)18-23(38(32,33)34)26(31)37-22-27/h6-7,9-10,12-13,23,28H,2-5,8,11,14-22H2,1H3,(H,32,33,34)/b7-6-,10-9-,13-12-. The number of rotatable bonds is 17. The number of allylic oxidation sites excluding steroid dienone is 6. The van der Waals surface area contributed by atoms with E-state index in [1.807, 2.05) is 0 Å².